The highest BCUT2D eigenvalue weighted by molar-refractivity contribution is 14.1. The topological polar surface area (TPSA) is 251 Å². The first kappa shape index (κ1) is 37.3. The minimum Gasteiger partial charge on any atom is -0.507 e. The van der Waals surface area contributed by atoms with Crippen LogP contribution in [0.1, 0.15) is 11.1 Å². The van der Waals surface area contributed by atoms with E-state index in [4.69, 9.17) is 11.5 Å². The number of hydrogen-bond donors (Lipinski definition) is 6. The Bertz CT molecular complexity index is 2600. The third kappa shape index (κ3) is 7.00. The molecular formula is C34H26I2N6O8S2. The summed E-state index contributed by atoms with van der Waals surface area (Å²) in [7, 11) is -9.42. The zero-order valence-electron chi connectivity index (χ0n) is 26.9. The molecule has 0 heterocycles. The van der Waals surface area contributed by atoms with Crippen LogP contribution in [-0.4, -0.2) is 36.2 Å². The fourth-order valence-corrected chi connectivity index (χ4v) is 8.95. The molecule has 8 N–H and O–H groups in total. The van der Waals surface area contributed by atoms with Crippen LogP contribution in [0, 0.1) is 21.0 Å². The number of phenolic OH excluding ortho intramolecular Hbond substituents is 2. The molecule has 0 aliphatic carbocycles. The molecule has 0 spiro atoms. The number of aromatic hydroxyl groups is 2. The van der Waals surface area contributed by atoms with Crippen LogP contribution in [-0.2, 0) is 20.2 Å². The van der Waals surface area contributed by atoms with Gasteiger partial charge in [-0.2, -0.15) is 27.1 Å². The van der Waals surface area contributed by atoms with Crippen molar-refractivity contribution in [3.8, 4) is 22.6 Å². The van der Waals surface area contributed by atoms with Gasteiger partial charge in [0.15, 0.2) is 0 Å². The second-order valence-electron chi connectivity index (χ2n) is 11.6. The summed E-state index contributed by atoms with van der Waals surface area (Å²) in [5, 5.41) is 38.1. The molecule has 52 heavy (non-hydrogen) atoms. The van der Waals surface area contributed by atoms with E-state index in [1.54, 1.807) is 24.3 Å². The maximum absolute atomic E-state index is 12.2. The van der Waals surface area contributed by atoms with Crippen molar-refractivity contribution in [2.75, 3.05) is 11.5 Å². The number of fused-ring (bicyclic) bond motifs is 2. The van der Waals surface area contributed by atoms with E-state index in [-0.39, 0.29) is 55.8 Å². The summed E-state index contributed by atoms with van der Waals surface area (Å²) in [6.45, 7) is 3.62. The first-order chi connectivity index (χ1) is 24.4. The molecule has 266 valence electrons. The second-order valence-corrected chi connectivity index (χ2v) is 16.7. The molecule has 0 saturated carbocycles. The van der Waals surface area contributed by atoms with Gasteiger partial charge in [0.2, 0.25) is 0 Å². The lowest BCUT2D eigenvalue weighted by molar-refractivity contribution is 0.479. The van der Waals surface area contributed by atoms with E-state index in [1.807, 2.05) is 71.2 Å². The number of aryl methyl sites for hydroxylation is 2. The van der Waals surface area contributed by atoms with Crippen molar-refractivity contribution in [2.24, 2.45) is 20.5 Å². The number of nitrogens with zero attached hydrogens (tertiary/aromatic N) is 4. The van der Waals surface area contributed by atoms with Crippen molar-refractivity contribution in [3.63, 3.8) is 0 Å². The van der Waals surface area contributed by atoms with Crippen molar-refractivity contribution in [1.29, 1.82) is 0 Å². The molecule has 0 aromatic heterocycles. The van der Waals surface area contributed by atoms with Crippen molar-refractivity contribution >= 4 is 121 Å². The molecule has 6 aromatic rings. The van der Waals surface area contributed by atoms with Crippen LogP contribution in [0.25, 0.3) is 32.7 Å². The molecule has 0 atom stereocenters. The Morgan fingerprint density at radius 1 is 0.519 bits per heavy atom. The normalized spacial score (nSPS) is 12.5. The summed E-state index contributed by atoms with van der Waals surface area (Å²) in [6, 6.07) is 18.7. The van der Waals surface area contributed by atoms with Crippen LogP contribution in [0.15, 0.2) is 103 Å². The Labute approximate surface area is 324 Å². The van der Waals surface area contributed by atoms with Crippen molar-refractivity contribution in [1.82, 2.24) is 0 Å². The molecule has 0 fully saturated rings. The fourth-order valence-electron chi connectivity index (χ4n) is 5.65. The van der Waals surface area contributed by atoms with Gasteiger partial charge in [0.05, 0.1) is 33.5 Å². The molecule has 0 saturated heterocycles. The first-order valence-electron chi connectivity index (χ1n) is 14.8. The van der Waals surface area contributed by atoms with E-state index < -0.39 is 30.0 Å². The van der Waals surface area contributed by atoms with Crippen LogP contribution in [0.2, 0.25) is 0 Å². The van der Waals surface area contributed by atoms with Gasteiger partial charge >= 0.3 is 0 Å². The van der Waals surface area contributed by atoms with Crippen LogP contribution >= 0.6 is 45.2 Å². The monoisotopic (exact) mass is 964 g/mol. The van der Waals surface area contributed by atoms with E-state index >= 15 is 0 Å². The Kier molecular flexibility index (Phi) is 9.91. The van der Waals surface area contributed by atoms with Crippen molar-refractivity contribution in [2.45, 2.75) is 23.6 Å². The lowest BCUT2D eigenvalue weighted by atomic mass is 10.0. The smallest absolute Gasteiger partial charge is 0.295 e. The van der Waals surface area contributed by atoms with Crippen LogP contribution in [0.4, 0.5) is 34.1 Å². The minimum absolute atomic E-state index is 0.0146. The van der Waals surface area contributed by atoms with Gasteiger partial charge < -0.3 is 21.7 Å². The van der Waals surface area contributed by atoms with E-state index in [0.717, 1.165) is 23.3 Å². The van der Waals surface area contributed by atoms with E-state index in [1.165, 1.54) is 24.3 Å². The average molecular weight is 965 g/mol. The number of halogens is 2. The predicted molar refractivity (Wildman–Crippen MR) is 215 cm³/mol. The van der Waals surface area contributed by atoms with Gasteiger partial charge in [-0.15, -0.1) is 10.2 Å². The summed E-state index contributed by atoms with van der Waals surface area (Å²) in [6.07, 6.45) is 0. The molecule has 0 unspecified atom stereocenters. The molecule has 6 aromatic carbocycles. The van der Waals surface area contributed by atoms with Crippen molar-refractivity contribution in [3.05, 3.63) is 91.1 Å². The molecule has 6 rings (SSSR count). The van der Waals surface area contributed by atoms with Crippen molar-refractivity contribution < 1.29 is 36.2 Å². The van der Waals surface area contributed by atoms with E-state index in [9.17, 15) is 36.2 Å². The van der Waals surface area contributed by atoms with Crippen LogP contribution < -0.4 is 11.5 Å². The molecule has 0 bridgehead atoms. The molecule has 0 amide bonds. The van der Waals surface area contributed by atoms with Gasteiger partial charge in [-0.1, -0.05) is 12.1 Å². The molecule has 14 nitrogen and oxygen atoms in total. The Balaban J connectivity index is 1.31. The number of hydrogen-bond acceptors (Lipinski definition) is 12. The standard InChI is InChI=1S/C34H26I2N6O8S2/c1-15-11-17(3-7-21(15)39-41-23-13-27(51(45,46)47)29-19(35)5-9-25(43)31(29)33(23)37)18-4-8-22(16(2)12-18)40-42-24-14-28(52(48,49)50)30-20(36)6-10-26(44)32(30)34(24)38/h3-14,43-44H,37-38H2,1-2H3,(H,45,46,47)(H,48,49,50). The molecular weight excluding hydrogens is 938 g/mol. The summed E-state index contributed by atoms with van der Waals surface area (Å²) in [4.78, 5) is -0.928. The van der Waals surface area contributed by atoms with Crippen LogP contribution in [0.5, 0.6) is 11.5 Å². The molecule has 0 aliphatic rings. The summed E-state index contributed by atoms with van der Waals surface area (Å²) >= 11 is 3.77. The predicted octanol–water partition coefficient (Wildman–Crippen LogP) is 9.39. The fraction of sp³-hybridized carbons (Fsp3) is 0.0588. The largest absolute Gasteiger partial charge is 0.507 e. The van der Waals surface area contributed by atoms with Gasteiger partial charge in [-0.3, -0.25) is 9.11 Å². The quantitative estimate of drug-likeness (QED) is 0.0383. The second kappa shape index (κ2) is 13.8. The Morgan fingerprint density at radius 2 is 0.865 bits per heavy atom. The van der Waals surface area contributed by atoms with Crippen LogP contribution in [0.3, 0.4) is 0 Å². The lowest BCUT2D eigenvalue weighted by Crippen LogP contribution is -2.02. The zero-order valence-corrected chi connectivity index (χ0v) is 32.8. The minimum atomic E-state index is -4.71. The highest BCUT2D eigenvalue weighted by atomic mass is 127. The molecule has 0 radical (unpaired) electrons. The SMILES string of the molecule is Cc1cc(-c2ccc(N=Nc3cc(S(=O)(=O)O)c4c(I)ccc(O)c4c3N)c(C)c2)ccc1N=Nc1cc(S(=O)(=O)O)c2c(I)ccc(O)c2c1N. The van der Waals surface area contributed by atoms with Gasteiger partial charge in [0, 0.05) is 17.9 Å². The number of benzene rings is 6. The number of anilines is 2. The Morgan fingerprint density at radius 3 is 1.19 bits per heavy atom. The number of nitrogen functional groups attached to an aromatic ring is 2. The zero-order chi connectivity index (χ0) is 37.9. The summed E-state index contributed by atoms with van der Waals surface area (Å²) < 4.78 is 69.7. The number of nitrogens with two attached hydrogens (primary N) is 2. The summed E-state index contributed by atoms with van der Waals surface area (Å²) in [5.74, 6) is -0.560. The number of azo groups is 2. The number of rotatable bonds is 7. The van der Waals surface area contributed by atoms with Gasteiger partial charge in [-0.25, -0.2) is 0 Å². The van der Waals surface area contributed by atoms with Gasteiger partial charge in [0.25, 0.3) is 20.2 Å². The van der Waals surface area contributed by atoms with E-state index in [2.05, 4.69) is 20.5 Å². The first-order valence-corrected chi connectivity index (χ1v) is 19.9. The summed E-state index contributed by atoms with van der Waals surface area (Å²) in [5.41, 5.74) is 16.4. The highest BCUT2D eigenvalue weighted by Crippen LogP contribution is 2.45. The third-order valence-corrected chi connectivity index (χ3v) is 11.8. The van der Waals surface area contributed by atoms with Gasteiger partial charge in [-0.05, 0) is 142 Å². The maximum atomic E-state index is 12.2. The Hall–Kier alpha value is -4.48. The lowest BCUT2D eigenvalue weighted by Gasteiger charge is -2.13. The molecule has 18 heteroatoms. The average Bonchev–Trinajstić information content (AvgIpc) is 3.06. The molecule has 0 aliphatic heterocycles. The highest BCUT2D eigenvalue weighted by Gasteiger charge is 2.24. The third-order valence-electron chi connectivity index (χ3n) is 8.20. The van der Waals surface area contributed by atoms with E-state index in [0.29, 0.717) is 29.6 Å². The maximum Gasteiger partial charge on any atom is 0.295 e. The number of phenols is 2. The van der Waals surface area contributed by atoms with Gasteiger partial charge in [0.1, 0.15) is 32.7 Å².